The number of carbonyl (C=O) groups excluding carboxylic acids is 1. The number of nitrogens with zero attached hydrogens (tertiary/aromatic N) is 1. The molecule has 0 spiro atoms. The molecule has 2 rings (SSSR count). The van der Waals surface area contributed by atoms with Crippen LogP contribution in [0, 0.1) is 5.82 Å². The number of nitrogens with two attached hydrogens (primary N) is 1. The normalized spacial score (nSPS) is 10.3. The number of rotatable bonds is 2. The number of amides is 1. The van der Waals surface area contributed by atoms with E-state index in [1.807, 2.05) is 0 Å². The zero-order valence-corrected chi connectivity index (χ0v) is 11.8. The molecule has 1 heterocycles. The second kappa shape index (κ2) is 5.54. The lowest BCUT2D eigenvalue weighted by molar-refractivity contribution is 0.102. The number of aromatic nitrogens is 1. The Labute approximate surface area is 121 Å². The summed E-state index contributed by atoms with van der Waals surface area (Å²) in [6, 6.07) is 3.80. The van der Waals surface area contributed by atoms with Gasteiger partial charge in [0, 0.05) is 10.7 Å². The summed E-state index contributed by atoms with van der Waals surface area (Å²) in [6.07, 6.45) is 2.82. The van der Waals surface area contributed by atoms with Crippen LogP contribution < -0.4 is 11.1 Å². The highest BCUT2D eigenvalue weighted by Gasteiger charge is 2.14. The fourth-order valence-corrected chi connectivity index (χ4v) is 2.35. The second-order valence-electron chi connectivity index (χ2n) is 3.66. The van der Waals surface area contributed by atoms with E-state index in [0.717, 1.165) is 6.07 Å². The quantitative estimate of drug-likeness (QED) is 0.876. The Kier molecular flexibility index (Phi) is 4.01. The van der Waals surface area contributed by atoms with Crippen molar-refractivity contribution in [3.05, 3.63) is 51.5 Å². The average molecular weight is 345 g/mol. The van der Waals surface area contributed by atoms with E-state index in [0.29, 0.717) is 4.47 Å². The van der Waals surface area contributed by atoms with Gasteiger partial charge in [-0.25, -0.2) is 4.39 Å². The molecule has 0 saturated carbocycles. The third kappa shape index (κ3) is 3.02. The summed E-state index contributed by atoms with van der Waals surface area (Å²) in [6.45, 7) is 0. The molecule has 4 nitrogen and oxygen atoms in total. The van der Waals surface area contributed by atoms with Crippen molar-refractivity contribution in [2.24, 2.45) is 0 Å². The fourth-order valence-electron chi connectivity index (χ4n) is 1.46. The minimum absolute atomic E-state index is 0.0906. The van der Waals surface area contributed by atoms with Gasteiger partial charge in [-0.2, -0.15) is 0 Å². The maximum atomic E-state index is 13.1. The first-order valence-electron chi connectivity index (χ1n) is 5.14. The Hall–Kier alpha value is -1.66. The van der Waals surface area contributed by atoms with Crippen molar-refractivity contribution in [1.29, 1.82) is 0 Å². The summed E-state index contributed by atoms with van der Waals surface area (Å²) < 4.78 is 13.4. The third-order valence-corrected chi connectivity index (χ3v) is 3.27. The minimum Gasteiger partial charge on any atom is -0.397 e. The lowest BCUT2D eigenvalue weighted by Crippen LogP contribution is -2.15. The Balaban J connectivity index is 2.32. The van der Waals surface area contributed by atoms with Crippen molar-refractivity contribution in [3.8, 4) is 0 Å². The van der Waals surface area contributed by atoms with Gasteiger partial charge in [-0.15, -0.1) is 0 Å². The molecule has 0 aliphatic carbocycles. The van der Waals surface area contributed by atoms with Gasteiger partial charge in [0.15, 0.2) is 0 Å². The van der Waals surface area contributed by atoms with Crippen LogP contribution in [-0.4, -0.2) is 10.9 Å². The minimum atomic E-state index is -0.502. The van der Waals surface area contributed by atoms with E-state index in [9.17, 15) is 9.18 Å². The molecule has 0 unspecified atom stereocenters. The zero-order valence-electron chi connectivity index (χ0n) is 9.45. The Morgan fingerprint density at radius 3 is 2.84 bits per heavy atom. The highest BCUT2D eigenvalue weighted by molar-refractivity contribution is 9.10. The number of hydrogen-bond donors (Lipinski definition) is 2. The van der Waals surface area contributed by atoms with E-state index in [-0.39, 0.29) is 22.0 Å². The Morgan fingerprint density at radius 1 is 1.47 bits per heavy atom. The Bertz CT molecular complexity index is 628. The molecule has 1 amide bonds. The largest absolute Gasteiger partial charge is 0.397 e. The van der Waals surface area contributed by atoms with Crippen molar-refractivity contribution in [2.45, 2.75) is 0 Å². The van der Waals surface area contributed by atoms with Gasteiger partial charge in [-0.3, -0.25) is 9.78 Å². The number of anilines is 2. The first-order chi connectivity index (χ1) is 8.99. The molecular formula is C12H8BrClFN3O. The van der Waals surface area contributed by atoms with Crippen LogP contribution in [0.1, 0.15) is 10.4 Å². The number of nitrogen functional groups attached to an aromatic ring is 1. The molecule has 7 heteroatoms. The van der Waals surface area contributed by atoms with Crippen LogP contribution in [-0.2, 0) is 0 Å². The summed E-state index contributed by atoms with van der Waals surface area (Å²) in [5.74, 6) is -0.951. The highest BCUT2D eigenvalue weighted by Crippen LogP contribution is 2.32. The summed E-state index contributed by atoms with van der Waals surface area (Å²) in [5, 5.41) is 2.66. The average Bonchev–Trinajstić information content (AvgIpc) is 2.34. The third-order valence-electron chi connectivity index (χ3n) is 2.34. The molecule has 0 aliphatic rings. The molecular weight excluding hydrogens is 337 g/mol. The van der Waals surface area contributed by atoms with E-state index >= 15 is 0 Å². The van der Waals surface area contributed by atoms with Crippen molar-refractivity contribution < 1.29 is 9.18 Å². The maximum Gasteiger partial charge on any atom is 0.257 e. The molecule has 1 aromatic heterocycles. The Morgan fingerprint density at radius 2 is 2.21 bits per heavy atom. The predicted molar refractivity (Wildman–Crippen MR) is 75.7 cm³/mol. The highest BCUT2D eigenvalue weighted by atomic mass is 79.9. The zero-order chi connectivity index (χ0) is 14.0. The van der Waals surface area contributed by atoms with Crippen LogP contribution in [0.5, 0.6) is 0 Å². The van der Waals surface area contributed by atoms with Gasteiger partial charge in [-0.05, 0) is 34.1 Å². The molecule has 0 fully saturated rings. The molecule has 3 N–H and O–H groups in total. The monoisotopic (exact) mass is 343 g/mol. The standard InChI is InChI=1S/C12H8BrClFN3O/c13-8-3-6(15)4-9(14)11(8)18-12(19)7-1-2-17-5-10(7)16/h1-5H,16H2,(H,18,19). The number of halogens is 3. The van der Waals surface area contributed by atoms with Gasteiger partial charge in [-0.1, -0.05) is 11.6 Å². The van der Waals surface area contributed by atoms with Crippen LogP contribution in [0.25, 0.3) is 0 Å². The molecule has 0 atom stereocenters. The lowest BCUT2D eigenvalue weighted by Gasteiger charge is -2.10. The van der Waals surface area contributed by atoms with E-state index in [2.05, 4.69) is 26.2 Å². The topological polar surface area (TPSA) is 68.0 Å². The second-order valence-corrected chi connectivity index (χ2v) is 4.92. The van der Waals surface area contributed by atoms with Crippen molar-refractivity contribution in [3.63, 3.8) is 0 Å². The van der Waals surface area contributed by atoms with Gasteiger partial charge in [0.2, 0.25) is 0 Å². The SMILES string of the molecule is Nc1cnccc1C(=O)Nc1c(Cl)cc(F)cc1Br. The molecule has 19 heavy (non-hydrogen) atoms. The summed E-state index contributed by atoms with van der Waals surface area (Å²) in [5.41, 5.74) is 6.44. The predicted octanol–water partition coefficient (Wildman–Crippen LogP) is 3.47. The fraction of sp³-hybridized carbons (Fsp3) is 0. The van der Waals surface area contributed by atoms with Crippen molar-refractivity contribution >= 4 is 44.8 Å². The van der Waals surface area contributed by atoms with Gasteiger partial charge in [0.1, 0.15) is 5.82 Å². The molecule has 98 valence electrons. The molecule has 1 aromatic carbocycles. The van der Waals surface area contributed by atoms with Gasteiger partial charge in [0.25, 0.3) is 5.91 Å². The van der Waals surface area contributed by atoms with Gasteiger partial charge >= 0.3 is 0 Å². The molecule has 0 bridgehead atoms. The van der Waals surface area contributed by atoms with Crippen LogP contribution >= 0.6 is 27.5 Å². The number of benzene rings is 1. The molecule has 0 saturated heterocycles. The molecule has 0 radical (unpaired) electrons. The van der Waals surface area contributed by atoms with E-state index in [4.69, 9.17) is 17.3 Å². The smallest absolute Gasteiger partial charge is 0.257 e. The van der Waals surface area contributed by atoms with Crippen LogP contribution in [0.4, 0.5) is 15.8 Å². The number of hydrogen-bond acceptors (Lipinski definition) is 3. The number of nitrogens with one attached hydrogen (secondary N) is 1. The molecule has 0 aliphatic heterocycles. The lowest BCUT2D eigenvalue weighted by atomic mass is 10.2. The van der Waals surface area contributed by atoms with E-state index < -0.39 is 11.7 Å². The first-order valence-corrected chi connectivity index (χ1v) is 6.31. The maximum absolute atomic E-state index is 13.1. The van der Waals surface area contributed by atoms with E-state index in [1.54, 1.807) is 0 Å². The van der Waals surface area contributed by atoms with Crippen LogP contribution in [0.3, 0.4) is 0 Å². The van der Waals surface area contributed by atoms with Crippen molar-refractivity contribution in [1.82, 2.24) is 4.98 Å². The summed E-state index contributed by atoms with van der Waals surface area (Å²) in [4.78, 5) is 15.8. The first kappa shape index (κ1) is 13.8. The van der Waals surface area contributed by atoms with Crippen LogP contribution in [0.2, 0.25) is 5.02 Å². The molecule has 2 aromatic rings. The number of pyridine rings is 1. The van der Waals surface area contributed by atoms with Gasteiger partial charge < -0.3 is 11.1 Å². The van der Waals surface area contributed by atoms with E-state index in [1.165, 1.54) is 24.5 Å². The van der Waals surface area contributed by atoms with Crippen LogP contribution in [0.15, 0.2) is 35.1 Å². The van der Waals surface area contributed by atoms with Crippen molar-refractivity contribution in [2.75, 3.05) is 11.1 Å². The summed E-state index contributed by atoms with van der Waals surface area (Å²) in [7, 11) is 0. The van der Waals surface area contributed by atoms with Gasteiger partial charge in [0.05, 0.1) is 28.2 Å². The summed E-state index contributed by atoms with van der Waals surface area (Å²) >= 11 is 9.01. The number of carbonyl (C=O) groups is 1.